The molecule has 5 rings (SSSR count). The summed E-state index contributed by atoms with van der Waals surface area (Å²) < 4.78 is 2.32. The Morgan fingerprint density at radius 3 is 2.75 bits per heavy atom. The number of halogens is 1. The monoisotopic (exact) mass is 509 g/mol. The number of para-hydroxylation sites is 1. The number of aliphatic imine (C=N–C) groups is 2. The third kappa shape index (κ3) is 3.80. The van der Waals surface area contributed by atoms with E-state index in [4.69, 9.17) is 4.99 Å². The van der Waals surface area contributed by atoms with E-state index >= 15 is 0 Å². The molecule has 32 heavy (non-hydrogen) atoms. The third-order valence-electron chi connectivity index (χ3n) is 5.33. The van der Waals surface area contributed by atoms with E-state index in [-0.39, 0.29) is 17.5 Å². The molecule has 1 aromatic carbocycles. The molecular formula is C23H20BrN5O2S. The van der Waals surface area contributed by atoms with Gasteiger partial charge in [-0.2, -0.15) is 4.99 Å². The topological polar surface area (TPSA) is 79.4 Å². The van der Waals surface area contributed by atoms with Gasteiger partial charge in [-0.3, -0.25) is 18.9 Å². The Morgan fingerprint density at radius 2 is 1.94 bits per heavy atom. The average Bonchev–Trinajstić information content (AvgIpc) is 3.08. The van der Waals surface area contributed by atoms with Crippen molar-refractivity contribution in [2.24, 2.45) is 15.9 Å². The van der Waals surface area contributed by atoms with Crippen molar-refractivity contribution >= 4 is 55.9 Å². The predicted octanol–water partition coefficient (Wildman–Crippen LogP) is 4.40. The summed E-state index contributed by atoms with van der Waals surface area (Å²) in [7, 11) is 0. The number of hydrogen-bond acceptors (Lipinski definition) is 6. The molecule has 0 saturated heterocycles. The molecule has 3 aromatic rings. The number of fused-ring (bicyclic) bond motifs is 4. The van der Waals surface area contributed by atoms with Crippen LogP contribution in [0.1, 0.15) is 31.5 Å². The molecule has 0 radical (unpaired) electrons. The van der Waals surface area contributed by atoms with Crippen LogP contribution in [0.5, 0.6) is 0 Å². The summed E-state index contributed by atoms with van der Waals surface area (Å²) in [5, 5.41) is 0.705. The predicted molar refractivity (Wildman–Crippen MR) is 131 cm³/mol. The van der Waals surface area contributed by atoms with Gasteiger partial charge in [-0.05, 0) is 52.5 Å². The number of nitrogens with zero attached hydrogens (tertiary/aromatic N) is 5. The van der Waals surface area contributed by atoms with Crippen LogP contribution in [0, 0.1) is 5.92 Å². The van der Waals surface area contributed by atoms with Gasteiger partial charge >= 0.3 is 0 Å². The molecule has 162 valence electrons. The molecule has 2 aliphatic heterocycles. The maximum Gasteiger partial charge on any atom is 0.270 e. The van der Waals surface area contributed by atoms with Crippen LogP contribution >= 0.6 is 27.7 Å². The molecular weight excluding hydrogens is 490 g/mol. The van der Waals surface area contributed by atoms with Gasteiger partial charge in [0.15, 0.2) is 5.17 Å². The number of amides is 1. The highest BCUT2D eigenvalue weighted by Gasteiger charge is 2.41. The molecule has 0 saturated carbocycles. The minimum Gasteiger partial charge on any atom is -0.292 e. The standard InChI is InChI=1S/C23H20BrN5O2S/c1-13(2)9-18-22(31)27-21-16-5-3-4-6-17(16)26-23(29(18)21)32-12-15-10-20(30)28-11-14(24)7-8-19(28)25-15/h3-8,10-11,13,18H,9,12H2,1-2H3. The van der Waals surface area contributed by atoms with E-state index in [0.717, 1.165) is 15.7 Å². The van der Waals surface area contributed by atoms with E-state index in [2.05, 4.69) is 39.8 Å². The van der Waals surface area contributed by atoms with Crippen LogP contribution in [0.25, 0.3) is 5.65 Å². The Kier molecular flexibility index (Phi) is 5.46. The Hall–Kier alpha value is -2.78. The highest BCUT2D eigenvalue weighted by atomic mass is 79.9. The smallest absolute Gasteiger partial charge is 0.270 e. The van der Waals surface area contributed by atoms with Crippen LogP contribution in [-0.2, 0) is 10.5 Å². The number of hydrogen-bond donors (Lipinski definition) is 0. The lowest BCUT2D eigenvalue weighted by molar-refractivity contribution is -0.120. The lowest BCUT2D eigenvalue weighted by Gasteiger charge is -2.31. The summed E-state index contributed by atoms with van der Waals surface area (Å²) in [5.74, 6) is 1.31. The molecule has 1 unspecified atom stereocenters. The Labute approximate surface area is 197 Å². The Balaban J connectivity index is 1.49. The van der Waals surface area contributed by atoms with E-state index in [1.54, 1.807) is 18.3 Å². The van der Waals surface area contributed by atoms with Crippen molar-refractivity contribution in [2.75, 3.05) is 0 Å². The summed E-state index contributed by atoms with van der Waals surface area (Å²) in [5.41, 5.74) is 2.76. The molecule has 2 aliphatic rings. The maximum absolute atomic E-state index is 12.8. The largest absolute Gasteiger partial charge is 0.292 e. The molecule has 0 N–H and O–H groups in total. The van der Waals surface area contributed by atoms with Crippen molar-refractivity contribution in [3.8, 4) is 0 Å². The second-order valence-corrected chi connectivity index (χ2v) is 10.0. The summed E-state index contributed by atoms with van der Waals surface area (Å²) in [6, 6.07) is 12.6. The molecule has 0 bridgehead atoms. The van der Waals surface area contributed by atoms with E-state index in [9.17, 15) is 9.59 Å². The van der Waals surface area contributed by atoms with Gasteiger partial charge in [0, 0.05) is 28.1 Å². The summed E-state index contributed by atoms with van der Waals surface area (Å²) in [4.78, 5) is 41.1. The molecule has 4 heterocycles. The van der Waals surface area contributed by atoms with Crippen LogP contribution in [0.15, 0.2) is 67.9 Å². The number of benzene rings is 1. The second-order valence-electron chi connectivity index (χ2n) is 8.15. The SMILES string of the molecule is CC(C)CC1C(=O)N=C2c3ccccc3N=C(SCc3cc(=O)n4cc(Br)ccc4n3)N21. The normalized spacial score (nSPS) is 17.4. The lowest BCUT2D eigenvalue weighted by Crippen LogP contribution is -2.44. The molecule has 0 fully saturated rings. The van der Waals surface area contributed by atoms with Crippen molar-refractivity contribution in [2.45, 2.75) is 32.1 Å². The third-order valence-corrected chi connectivity index (χ3v) is 6.78. The minimum atomic E-state index is -0.364. The molecule has 7 nitrogen and oxygen atoms in total. The number of thioether (sulfide) groups is 1. The van der Waals surface area contributed by atoms with Crippen molar-refractivity contribution in [3.63, 3.8) is 0 Å². The number of rotatable bonds is 4. The van der Waals surface area contributed by atoms with Gasteiger partial charge in [-0.1, -0.05) is 37.7 Å². The fourth-order valence-corrected chi connectivity index (χ4v) is 5.19. The fraction of sp³-hybridized carbons (Fsp3) is 0.261. The van der Waals surface area contributed by atoms with E-state index in [1.807, 2.05) is 35.2 Å². The molecule has 2 aromatic heterocycles. The number of carbonyl (C=O) groups excluding carboxylic acids is 1. The quantitative estimate of drug-likeness (QED) is 0.520. The number of pyridine rings is 1. The van der Waals surface area contributed by atoms with Crippen LogP contribution < -0.4 is 5.56 Å². The molecule has 0 aliphatic carbocycles. The number of carbonyl (C=O) groups is 1. The van der Waals surface area contributed by atoms with Crippen molar-refractivity contribution < 1.29 is 4.79 Å². The fourth-order valence-electron chi connectivity index (χ4n) is 3.91. The second kappa shape index (κ2) is 8.29. The van der Waals surface area contributed by atoms with Gasteiger partial charge in [0.2, 0.25) is 0 Å². The van der Waals surface area contributed by atoms with Gasteiger partial charge < -0.3 is 0 Å². The zero-order chi connectivity index (χ0) is 22.4. The van der Waals surface area contributed by atoms with Crippen molar-refractivity contribution in [1.82, 2.24) is 14.3 Å². The first-order valence-electron chi connectivity index (χ1n) is 10.3. The Bertz CT molecular complexity index is 1360. The maximum atomic E-state index is 12.8. The average molecular weight is 510 g/mol. The van der Waals surface area contributed by atoms with E-state index in [1.165, 1.54) is 16.2 Å². The van der Waals surface area contributed by atoms with Crippen LogP contribution in [0.3, 0.4) is 0 Å². The van der Waals surface area contributed by atoms with Crippen LogP contribution in [0.2, 0.25) is 0 Å². The lowest BCUT2D eigenvalue weighted by atomic mass is 10.0. The first-order valence-corrected chi connectivity index (χ1v) is 12.1. The summed E-state index contributed by atoms with van der Waals surface area (Å²) >= 11 is 4.85. The van der Waals surface area contributed by atoms with E-state index < -0.39 is 0 Å². The Morgan fingerprint density at radius 1 is 1.12 bits per heavy atom. The summed E-state index contributed by atoms with van der Waals surface area (Å²) in [6.07, 6.45) is 2.40. The van der Waals surface area contributed by atoms with E-state index in [0.29, 0.717) is 40.4 Å². The van der Waals surface area contributed by atoms with Crippen LogP contribution in [-0.4, -0.2) is 37.2 Å². The summed E-state index contributed by atoms with van der Waals surface area (Å²) in [6.45, 7) is 4.19. The van der Waals surface area contributed by atoms with Crippen LogP contribution in [0.4, 0.5) is 5.69 Å². The molecule has 9 heteroatoms. The van der Waals surface area contributed by atoms with Crippen molar-refractivity contribution in [1.29, 1.82) is 0 Å². The number of aromatic nitrogens is 2. The van der Waals surface area contributed by atoms with Crippen molar-refractivity contribution in [3.05, 3.63) is 74.7 Å². The zero-order valence-electron chi connectivity index (χ0n) is 17.5. The first-order chi connectivity index (χ1) is 15.4. The highest BCUT2D eigenvalue weighted by Crippen LogP contribution is 2.36. The van der Waals surface area contributed by atoms with Gasteiger partial charge in [-0.25, -0.2) is 9.98 Å². The van der Waals surface area contributed by atoms with Gasteiger partial charge in [-0.15, -0.1) is 0 Å². The zero-order valence-corrected chi connectivity index (χ0v) is 19.9. The van der Waals surface area contributed by atoms with Gasteiger partial charge in [0.05, 0.1) is 11.4 Å². The molecule has 0 spiro atoms. The minimum absolute atomic E-state index is 0.133. The van der Waals surface area contributed by atoms with Gasteiger partial charge in [0.1, 0.15) is 17.5 Å². The first kappa shape index (κ1) is 21.1. The number of amidine groups is 2. The van der Waals surface area contributed by atoms with Gasteiger partial charge in [0.25, 0.3) is 11.5 Å². The molecule has 1 atom stereocenters. The molecule has 1 amide bonds. The highest BCUT2D eigenvalue weighted by molar-refractivity contribution is 9.10.